The zero-order chi connectivity index (χ0) is 13.0. The molecule has 0 fully saturated rings. The van der Waals surface area contributed by atoms with E-state index in [2.05, 4.69) is 80.2 Å². The number of halogens is 2. The van der Waals surface area contributed by atoms with Crippen LogP contribution in [0.3, 0.4) is 0 Å². The number of hydrogen-bond donors (Lipinski definition) is 0. The summed E-state index contributed by atoms with van der Waals surface area (Å²) in [6.45, 7) is 1.87. The summed E-state index contributed by atoms with van der Waals surface area (Å²) in [6, 6.07) is 16.7. The summed E-state index contributed by atoms with van der Waals surface area (Å²) in [7, 11) is 2.14. The third kappa shape index (κ3) is 3.67. The first kappa shape index (κ1) is 13.8. The van der Waals surface area contributed by atoms with Crippen molar-refractivity contribution < 1.29 is 0 Å². The van der Waals surface area contributed by atoms with Gasteiger partial charge in [-0.25, -0.2) is 0 Å². The topological polar surface area (TPSA) is 3.24 Å². The predicted octanol–water partition coefficient (Wildman–Crippen LogP) is 4.84. The Labute approximate surface area is 125 Å². The number of hydrogen-bond acceptors (Lipinski definition) is 1. The Balaban J connectivity index is 2.04. The number of benzene rings is 2. The van der Waals surface area contributed by atoms with Crippen molar-refractivity contribution in [3.05, 3.63) is 68.6 Å². The third-order valence-corrected chi connectivity index (χ3v) is 4.34. The van der Waals surface area contributed by atoms with Crippen molar-refractivity contribution in [1.29, 1.82) is 0 Å². The molecule has 0 aliphatic carbocycles. The van der Waals surface area contributed by atoms with Crippen LogP contribution in [0.2, 0.25) is 0 Å². The van der Waals surface area contributed by atoms with Crippen LogP contribution in [0.5, 0.6) is 0 Å². The Bertz CT molecular complexity index is 478. The van der Waals surface area contributed by atoms with Crippen molar-refractivity contribution in [3.63, 3.8) is 0 Å². The molecule has 0 radical (unpaired) electrons. The van der Waals surface area contributed by atoms with Crippen molar-refractivity contribution in [1.82, 2.24) is 4.90 Å². The highest BCUT2D eigenvalue weighted by molar-refractivity contribution is 9.10. The third-order valence-electron chi connectivity index (χ3n) is 2.80. The maximum atomic E-state index is 3.59. The minimum Gasteiger partial charge on any atom is -0.298 e. The maximum absolute atomic E-state index is 3.59. The minimum atomic E-state index is 0.933. The molecule has 2 aromatic rings. The first-order valence-corrected chi connectivity index (χ1v) is 7.41. The molecule has 1 nitrogen and oxygen atoms in total. The predicted molar refractivity (Wildman–Crippen MR) is 83.5 cm³/mol. The highest BCUT2D eigenvalue weighted by Crippen LogP contribution is 2.20. The summed E-state index contributed by atoms with van der Waals surface area (Å²) in [5.41, 5.74) is 2.62. The summed E-state index contributed by atoms with van der Waals surface area (Å²) in [6.07, 6.45) is 0. The molecular formula is C15H15Br2N. The van der Waals surface area contributed by atoms with Crippen LogP contribution >= 0.6 is 31.9 Å². The molecule has 3 heteroatoms. The lowest BCUT2D eigenvalue weighted by Gasteiger charge is -2.18. The Morgan fingerprint density at radius 2 is 1.17 bits per heavy atom. The fourth-order valence-electron chi connectivity index (χ4n) is 1.89. The molecule has 0 aliphatic rings. The molecule has 0 aliphatic heterocycles. The standard InChI is InChI=1S/C15H15Br2N/c1-18(10-12-6-2-4-8-14(12)16)11-13-7-3-5-9-15(13)17/h2-9H,10-11H2,1H3. The van der Waals surface area contributed by atoms with Crippen molar-refractivity contribution in [2.24, 2.45) is 0 Å². The Kier molecular flexibility index (Phi) is 4.98. The molecule has 0 unspecified atom stereocenters. The van der Waals surface area contributed by atoms with Gasteiger partial charge in [-0.1, -0.05) is 68.3 Å². The molecule has 0 aromatic heterocycles. The van der Waals surface area contributed by atoms with Crippen LogP contribution < -0.4 is 0 Å². The normalized spacial score (nSPS) is 10.9. The second-order valence-corrected chi connectivity index (χ2v) is 6.06. The van der Waals surface area contributed by atoms with E-state index in [0.29, 0.717) is 0 Å². The van der Waals surface area contributed by atoms with Gasteiger partial charge in [0.05, 0.1) is 0 Å². The summed E-state index contributed by atoms with van der Waals surface area (Å²) < 4.78 is 2.34. The number of rotatable bonds is 4. The van der Waals surface area contributed by atoms with E-state index in [1.807, 2.05) is 12.1 Å². The van der Waals surface area contributed by atoms with Gasteiger partial charge < -0.3 is 0 Å². The van der Waals surface area contributed by atoms with E-state index in [1.165, 1.54) is 20.1 Å². The molecule has 0 atom stereocenters. The summed E-state index contributed by atoms with van der Waals surface area (Å²) >= 11 is 7.18. The van der Waals surface area contributed by atoms with Gasteiger partial charge in [-0.15, -0.1) is 0 Å². The molecule has 2 rings (SSSR count). The Morgan fingerprint density at radius 1 is 0.778 bits per heavy atom. The molecule has 94 valence electrons. The van der Waals surface area contributed by atoms with E-state index in [9.17, 15) is 0 Å². The van der Waals surface area contributed by atoms with E-state index in [-0.39, 0.29) is 0 Å². The Hall–Kier alpha value is -0.640. The average molecular weight is 369 g/mol. The van der Waals surface area contributed by atoms with E-state index in [0.717, 1.165) is 13.1 Å². The van der Waals surface area contributed by atoms with Gasteiger partial charge in [-0.2, -0.15) is 0 Å². The smallest absolute Gasteiger partial charge is 0.0245 e. The van der Waals surface area contributed by atoms with Crippen molar-refractivity contribution >= 4 is 31.9 Å². The van der Waals surface area contributed by atoms with Crippen LogP contribution in [0, 0.1) is 0 Å². The summed E-state index contributed by atoms with van der Waals surface area (Å²) in [5, 5.41) is 0. The lowest BCUT2D eigenvalue weighted by atomic mass is 10.2. The molecule has 0 heterocycles. The van der Waals surface area contributed by atoms with Gasteiger partial charge in [0, 0.05) is 22.0 Å². The van der Waals surface area contributed by atoms with Gasteiger partial charge in [0.25, 0.3) is 0 Å². The van der Waals surface area contributed by atoms with Crippen LogP contribution in [0.4, 0.5) is 0 Å². The number of nitrogens with zero attached hydrogens (tertiary/aromatic N) is 1. The fourth-order valence-corrected chi connectivity index (χ4v) is 2.71. The van der Waals surface area contributed by atoms with Crippen molar-refractivity contribution in [2.45, 2.75) is 13.1 Å². The second kappa shape index (κ2) is 6.50. The molecule has 0 amide bonds. The average Bonchev–Trinajstić information content (AvgIpc) is 2.35. The Morgan fingerprint density at radius 3 is 1.56 bits per heavy atom. The van der Waals surface area contributed by atoms with Crippen molar-refractivity contribution in [3.8, 4) is 0 Å². The molecule has 2 aromatic carbocycles. The van der Waals surface area contributed by atoms with Crippen LogP contribution in [0.15, 0.2) is 57.5 Å². The van der Waals surface area contributed by atoms with Gasteiger partial charge in [0.15, 0.2) is 0 Å². The second-order valence-electron chi connectivity index (χ2n) is 4.36. The van der Waals surface area contributed by atoms with E-state index < -0.39 is 0 Å². The van der Waals surface area contributed by atoms with Gasteiger partial charge in [0.1, 0.15) is 0 Å². The van der Waals surface area contributed by atoms with E-state index in [4.69, 9.17) is 0 Å². The highest BCUT2D eigenvalue weighted by atomic mass is 79.9. The van der Waals surface area contributed by atoms with Gasteiger partial charge >= 0.3 is 0 Å². The molecule has 18 heavy (non-hydrogen) atoms. The molecule has 0 saturated carbocycles. The van der Waals surface area contributed by atoms with Crippen LogP contribution in [-0.4, -0.2) is 11.9 Å². The lowest BCUT2D eigenvalue weighted by molar-refractivity contribution is 0.318. The van der Waals surface area contributed by atoms with E-state index >= 15 is 0 Å². The first-order valence-electron chi connectivity index (χ1n) is 5.82. The van der Waals surface area contributed by atoms with E-state index in [1.54, 1.807) is 0 Å². The fraction of sp³-hybridized carbons (Fsp3) is 0.200. The van der Waals surface area contributed by atoms with Crippen molar-refractivity contribution in [2.75, 3.05) is 7.05 Å². The summed E-state index contributed by atoms with van der Waals surface area (Å²) in [4.78, 5) is 2.31. The monoisotopic (exact) mass is 367 g/mol. The first-order chi connectivity index (χ1) is 8.66. The van der Waals surface area contributed by atoms with Crippen LogP contribution in [0.25, 0.3) is 0 Å². The molecule has 0 spiro atoms. The largest absolute Gasteiger partial charge is 0.298 e. The SMILES string of the molecule is CN(Cc1ccccc1Br)Cc1ccccc1Br. The van der Waals surface area contributed by atoms with Gasteiger partial charge in [-0.05, 0) is 30.3 Å². The molecule has 0 bridgehead atoms. The van der Waals surface area contributed by atoms with Gasteiger partial charge in [0.2, 0.25) is 0 Å². The zero-order valence-corrected chi connectivity index (χ0v) is 13.4. The highest BCUT2D eigenvalue weighted by Gasteiger charge is 2.06. The zero-order valence-electron chi connectivity index (χ0n) is 10.2. The molecule has 0 saturated heterocycles. The van der Waals surface area contributed by atoms with Gasteiger partial charge in [-0.3, -0.25) is 4.90 Å². The molecular weight excluding hydrogens is 354 g/mol. The van der Waals surface area contributed by atoms with Crippen LogP contribution in [0.1, 0.15) is 11.1 Å². The minimum absolute atomic E-state index is 0.933. The maximum Gasteiger partial charge on any atom is 0.0245 e. The molecule has 0 N–H and O–H groups in total. The van der Waals surface area contributed by atoms with Crippen LogP contribution in [-0.2, 0) is 13.1 Å². The quantitative estimate of drug-likeness (QED) is 0.745. The lowest BCUT2D eigenvalue weighted by Crippen LogP contribution is -2.17. The summed E-state index contributed by atoms with van der Waals surface area (Å²) in [5.74, 6) is 0.